The molecular formula is C57H103N3O17. The number of hydrogen-bond acceptors (Lipinski definition) is 17. The number of alkyl carbamates (subject to hydrolysis) is 1. The lowest BCUT2D eigenvalue weighted by Crippen LogP contribution is -2.48. The summed E-state index contributed by atoms with van der Waals surface area (Å²) in [6.45, 7) is 30.9. The molecule has 0 saturated heterocycles. The Bertz CT molecular complexity index is 1690. The number of hydrogen-bond donors (Lipinski definition) is 3. The van der Waals surface area contributed by atoms with E-state index in [1.165, 1.54) is 0 Å². The first kappa shape index (κ1) is 71.3. The number of ether oxygens (including phenoxy) is 13. The maximum absolute atomic E-state index is 13.6. The van der Waals surface area contributed by atoms with Crippen molar-refractivity contribution >= 4 is 23.9 Å². The molecule has 3 atom stereocenters. The van der Waals surface area contributed by atoms with Crippen LogP contribution in [-0.2, 0) is 77.6 Å². The number of nitrogens with one attached hydrogen (secondary N) is 3. The average molecular weight is 1100 g/mol. The van der Waals surface area contributed by atoms with Crippen LogP contribution in [0.3, 0.4) is 0 Å². The SMILES string of the molecule is CCCC(COC(CCC)CC(=O)OC(C)(C)C)OCCOc1ccc(C[C@H](NC(=O)CCOCCOCCOCCOCCNC(=O)OC(C)(C)C)C(=O)NCCOCCOCC(C)(C)COCC(C)(C)COC)cc1. The van der Waals surface area contributed by atoms with Gasteiger partial charge in [0.2, 0.25) is 11.8 Å². The highest BCUT2D eigenvalue weighted by Crippen LogP contribution is 2.21. The Labute approximate surface area is 462 Å². The van der Waals surface area contributed by atoms with Gasteiger partial charge in [0.05, 0.1) is 131 Å². The molecule has 1 aromatic carbocycles. The van der Waals surface area contributed by atoms with Crippen molar-refractivity contribution in [3.63, 3.8) is 0 Å². The van der Waals surface area contributed by atoms with Gasteiger partial charge in [-0.05, 0) is 72.1 Å². The Hall–Kier alpha value is -3.70. The van der Waals surface area contributed by atoms with E-state index >= 15 is 0 Å². The molecule has 20 nitrogen and oxygen atoms in total. The first-order valence-electron chi connectivity index (χ1n) is 27.7. The minimum absolute atomic E-state index is 0.0452. The third-order valence-electron chi connectivity index (χ3n) is 10.7. The van der Waals surface area contributed by atoms with Crippen LogP contribution >= 0.6 is 0 Å². The van der Waals surface area contributed by atoms with Crippen LogP contribution in [0.2, 0.25) is 0 Å². The van der Waals surface area contributed by atoms with Gasteiger partial charge in [-0.3, -0.25) is 14.4 Å². The Kier molecular flexibility index (Phi) is 38.3. The molecule has 1 aromatic rings. The maximum atomic E-state index is 13.6. The summed E-state index contributed by atoms with van der Waals surface area (Å²) < 4.78 is 74.0. The maximum Gasteiger partial charge on any atom is 0.407 e. The van der Waals surface area contributed by atoms with E-state index in [-0.39, 0.29) is 86.4 Å². The van der Waals surface area contributed by atoms with Gasteiger partial charge >= 0.3 is 12.1 Å². The smallest absolute Gasteiger partial charge is 0.407 e. The number of carbonyl (C=O) groups is 4. The Morgan fingerprint density at radius 1 is 0.532 bits per heavy atom. The van der Waals surface area contributed by atoms with Crippen LogP contribution in [0.1, 0.15) is 127 Å². The quantitative estimate of drug-likeness (QED) is 0.0440. The van der Waals surface area contributed by atoms with E-state index in [1.54, 1.807) is 27.9 Å². The third kappa shape index (κ3) is 41.9. The van der Waals surface area contributed by atoms with Gasteiger partial charge < -0.3 is 77.5 Å². The van der Waals surface area contributed by atoms with Gasteiger partial charge in [-0.2, -0.15) is 0 Å². The van der Waals surface area contributed by atoms with Crippen molar-refractivity contribution in [1.82, 2.24) is 16.0 Å². The van der Waals surface area contributed by atoms with Crippen molar-refractivity contribution < 1.29 is 80.8 Å². The molecule has 1 rings (SSSR count). The van der Waals surface area contributed by atoms with Gasteiger partial charge in [0, 0.05) is 43.9 Å². The standard InChI is InChI=1S/C57H103N3O17/c1-14-16-47(39-51(62)76-54(3,4)5)75-40-48(17-15-2)74-37-36-73-46-20-18-45(19-21-46)38-49(52(63)58-23-26-67-34-35-71-42-57(11,12)44-72-43-56(9,10)41-65-13)60-50(61)22-25-66-28-30-69-32-33-70-31-29-68-27-24-59-53(64)77-55(6,7)8/h18-21,47-49H,14-17,22-44H2,1-13H3,(H,58,63)(H,59,64)(H,60,61)/t47?,48?,49-/m0/s1. The van der Waals surface area contributed by atoms with E-state index in [1.807, 2.05) is 45.0 Å². The van der Waals surface area contributed by atoms with E-state index < -0.39 is 23.3 Å². The summed E-state index contributed by atoms with van der Waals surface area (Å²) in [5, 5.41) is 8.42. The molecule has 77 heavy (non-hydrogen) atoms. The first-order chi connectivity index (χ1) is 36.5. The zero-order chi connectivity index (χ0) is 57.4. The average Bonchev–Trinajstić information content (AvgIpc) is 3.32. The molecule has 0 radical (unpaired) electrons. The predicted octanol–water partition coefficient (Wildman–Crippen LogP) is 7.04. The first-order valence-corrected chi connectivity index (χ1v) is 27.7. The molecule has 0 aromatic heterocycles. The molecule has 0 aliphatic rings. The molecule has 2 unspecified atom stereocenters. The topological polar surface area (TPSA) is 224 Å². The molecule has 0 bridgehead atoms. The predicted molar refractivity (Wildman–Crippen MR) is 294 cm³/mol. The van der Waals surface area contributed by atoms with E-state index in [0.717, 1.165) is 31.2 Å². The molecule has 20 heteroatoms. The van der Waals surface area contributed by atoms with Gasteiger partial charge in [-0.1, -0.05) is 66.5 Å². The highest BCUT2D eigenvalue weighted by Gasteiger charge is 2.25. The van der Waals surface area contributed by atoms with Crippen molar-refractivity contribution in [2.45, 2.75) is 157 Å². The van der Waals surface area contributed by atoms with E-state index in [2.05, 4.69) is 57.5 Å². The molecular weight excluding hydrogens is 999 g/mol. The summed E-state index contributed by atoms with van der Waals surface area (Å²) >= 11 is 0. The van der Waals surface area contributed by atoms with Gasteiger partial charge in [0.1, 0.15) is 29.6 Å². The van der Waals surface area contributed by atoms with Crippen LogP contribution < -0.4 is 20.7 Å². The van der Waals surface area contributed by atoms with Crippen LogP contribution in [0.5, 0.6) is 5.75 Å². The van der Waals surface area contributed by atoms with Crippen molar-refractivity contribution in [1.29, 1.82) is 0 Å². The second kappa shape index (κ2) is 41.3. The van der Waals surface area contributed by atoms with Gasteiger partial charge in [0.25, 0.3) is 0 Å². The lowest BCUT2D eigenvalue weighted by atomic mass is 9.94. The number of benzene rings is 1. The molecule has 3 N–H and O–H groups in total. The van der Waals surface area contributed by atoms with Gasteiger partial charge in [-0.15, -0.1) is 0 Å². The minimum Gasteiger partial charge on any atom is -0.491 e. The van der Waals surface area contributed by atoms with E-state index in [0.29, 0.717) is 111 Å². The third-order valence-corrected chi connectivity index (χ3v) is 10.7. The second-order valence-corrected chi connectivity index (χ2v) is 22.5. The summed E-state index contributed by atoms with van der Waals surface area (Å²) in [5.74, 6) is -0.321. The molecule has 0 aliphatic heterocycles. The lowest BCUT2D eigenvalue weighted by Gasteiger charge is -2.28. The molecule has 0 saturated carbocycles. The van der Waals surface area contributed by atoms with Crippen molar-refractivity contribution in [2.24, 2.45) is 10.8 Å². The number of carbonyl (C=O) groups excluding carboxylic acids is 4. The molecule has 3 amide bonds. The summed E-state index contributed by atoms with van der Waals surface area (Å²) in [7, 11) is 1.69. The Morgan fingerprint density at radius 3 is 1.60 bits per heavy atom. The molecule has 0 fully saturated rings. The zero-order valence-electron chi connectivity index (χ0n) is 49.6. The molecule has 448 valence electrons. The van der Waals surface area contributed by atoms with E-state index in [9.17, 15) is 19.2 Å². The summed E-state index contributed by atoms with van der Waals surface area (Å²) in [6.07, 6.45) is 2.95. The van der Waals surface area contributed by atoms with Gasteiger partial charge in [0.15, 0.2) is 0 Å². The monoisotopic (exact) mass is 1100 g/mol. The number of amides is 3. The highest BCUT2D eigenvalue weighted by atomic mass is 16.6. The van der Waals surface area contributed by atoms with Crippen molar-refractivity contribution in [3.05, 3.63) is 29.8 Å². The normalized spacial score (nSPS) is 13.4. The van der Waals surface area contributed by atoms with Crippen LogP contribution in [-0.4, -0.2) is 192 Å². The Morgan fingerprint density at radius 2 is 1.04 bits per heavy atom. The summed E-state index contributed by atoms with van der Waals surface area (Å²) in [4.78, 5) is 50.8. The fourth-order valence-corrected chi connectivity index (χ4v) is 7.20. The Balaban J connectivity index is 2.63. The number of rotatable bonds is 47. The summed E-state index contributed by atoms with van der Waals surface area (Å²) in [6, 6.07) is 6.52. The van der Waals surface area contributed by atoms with Crippen LogP contribution in [0.15, 0.2) is 24.3 Å². The largest absolute Gasteiger partial charge is 0.491 e. The summed E-state index contributed by atoms with van der Waals surface area (Å²) in [5.41, 5.74) is -0.537. The molecule has 0 heterocycles. The van der Waals surface area contributed by atoms with Gasteiger partial charge in [-0.25, -0.2) is 4.79 Å². The zero-order valence-corrected chi connectivity index (χ0v) is 49.6. The fourth-order valence-electron chi connectivity index (χ4n) is 7.20. The highest BCUT2D eigenvalue weighted by molar-refractivity contribution is 5.87. The molecule has 0 aliphatic carbocycles. The fraction of sp³-hybridized carbons (Fsp3) is 0.825. The van der Waals surface area contributed by atoms with Crippen molar-refractivity contribution in [3.8, 4) is 5.75 Å². The second-order valence-electron chi connectivity index (χ2n) is 22.5. The van der Waals surface area contributed by atoms with Crippen LogP contribution in [0, 0.1) is 10.8 Å². The van der Waals surface area contributed by atoms with E-state index in [4.69, 9.17) is 61.6 Å². The van der Waals surface area contributed by atoms with Crippen LogP contribution in [0.25, 0.3) is 0 Å². The number of esters is 1. The van der Waals surface area contributed by atoms with Crippen molar-refractivity contribution in [2.75, 3.05) is 139 Å². The molecule has 0 spiro atoms. The minimum atomic E-state index is -0.864. The number of methoxy groups -OCH3 is 1. The lowest BCUT2D eigenvalue weighted by molar-refractivity contribution is -0.159. The van der Waals surface area contributed by atoms with Crippen LogP contribution in [0.4, 0.5) is 4.79 Å².